The zero-order valence-electron chi connectivity index (χ0n) is 12.8. The second kappa shape index (κ2) is 6.15. The van der Waals surface area contributed by atoms with Crippen LogP contribution in [-0.2, 0) is 10.2 Å². The molecule has 0 saturated heterocycles. The summed E-state index contributed by atoms with van der Waals surface area (Å²) in [6.45, 7) is 1.70. The average Bonchev–Trinajstić information content (AvgIpc) is 2.58. The van der Waals surface area contributed by atoms with Gasteiger partial charge >= 0.3 is 0 Å². The maximum absolute atomic E-state index is 12.9. The number of ketones is 1. The van der Waals surface area contributed by atoms with E-state index in [1.807, 2.05) is 36.4 Å². The van der Waals surface area contributed by atoms with Crippen LogP contribution in [0.4, 0.5) is 0 Å². The van der Waals surface area contributed by atoms with E-state index >= 15 is 0 Å². The van der Waals surface area contributed by atoms with Gasteiger partial charge in [0.15, 0.2) is 0 Å². The molecule has 2 aromatic rings. The summed E-state index contributed by atoms with van der Waals surface area (Å²) in [4.78, 5) is 12.9. The van der Waals surface area contributed by atoms with Crippen molar-refractivity contribution < 1.29 is 4.79 Å². The van der Waals surface area contributed by atoms with E-state index in [1.165, 1.54) is 0 Å². The zero-order valence-corrected chi connectivity index (χ0v) is 12.8. The number of carbonyl (C=O) groups is 1. The van der Waals surface area contributed by atoms with E-state index in [-0.39, 0.29) is 5.78 Å². The maximum Gasteiger partial charge on any atom is 0.149 e. The largest absolute Gasteiger partial charge is 0.298 e. The number of hydrogen-bond acceptors (Lipinski definition) is 1. The second-order valence-corrected chi connectivity index (χ2v) is 5.68. The molecule has 110 valence electrons. The molecule has 0 aromatic heterocycles. The zero-order chi connectivity index (χ0) is 15.4. The molecular weight excluding hydrogens is 268 g/mol. The number of carbonyl (C=O) groups excluding carboxylic acids is 1. The number of Topliss-reactive ketones (excluding diaryl/α,β-unsaturated/α-hetero) is 1. The van der Waals surface area contributed by atoms with E-state index < -0.39 is 5.41 Å². The lowest BCUT2D eigenvalue weighted by Gasteiger charge is -2.35. The minimum absolute atomic E-state index is 0.155. The third-order valence-electron chi connectivity index (χ3n) is 4.37. The first-order chi connectivity index (χ1) is 10.8. The molecule has 0 spiro atoms. The van der Waals surface area contributed by atoms with Gasteiger partial charge in [0.25, 0.3) is 0 Å². The van der Waals surface area contributed by atoms with Crippen LogP contribution in [0.15, 0.2) is 84.5 Å². The van der Waals surface area contributed by atoms with Gasteiger partial charge in [0, 0.05) is 0 Å². The Bertz CT molecular complexity index is 669. The van der Waals surface area contributed by atoms with Crippen molar-refractivity contribution in [3.05, 3.63) is 95.6 Å². The van der Waals surface area contributed by atoms with Gasteiger partial charge in [0.05, 0.1) is 0 Å². The van der Waals surface area contributed by atoms with Crippen molar-refractivity contribution in [3.63, 3.8) is 0 Å². The maximum atomic E-state index is 12.9. The van der Waals surface area contributed by atoms with Crippen LogP contribution in [0, 0.1) is 0 Å². The molecule has 0 radical (unpaired) electrons. The number of allylic oxidation sites excluding steroid dienone is 4. The van der Waals surface area contributed by atoms with Gasteiger partial charge in [-0.25, -0.2) is 0 Å². The highest BCUT2D eigenvalue weighted by molar-refractivity contribution is 5.96. The van der Waals surface area contributed by atoms with Gasteiger partial charge < -0.3 is 0 Å². The Balaban J connectivity index is 2.31. The van der Waals surface area contributed by atoms with Crippen LogP contribution in [0.2, 0.25) is 0 Å². The van der Waals surface area contributed by atoms with Crippen molar-refractivity contribution in [2.45, 2.75) is 25.2 Å². The Morgan fingerprint density at radius 3 is 1.82 bits per heavy atom. The Labute approximate surface area is 132 Å². The first kappa shape index (κ1) is 14.5. The summed E-state index contributed by atoms with van der Waals surface area (Å²) in [5.74, 6) is 0.155. The fourth-order valence-corrected chi connectivity index (χ4v) is 3.38. The lowest BCUT2D eigenvalue weighted by molar-refractivity contribution is -0.119. The monoisotopic (exact) mass is 288 g/mol. The molecule has 0 heterocycles. The predicted octanol–water partition coefficient (Wildman–Crippen LogP) is 4.84. The molecule has 1 heteroatoms. The number of hydrogen-bond donors (Lipinski definition) is 0. The number of benzene rings is 2. The van der Waals surface area contributed by atoms with E-state index in [9.17, 15) is 4.79 Å². The Kier molecular flexibility index (Phi) is 4.06. The summed E-state index contributed by atoms with van der Waals surface area (Å²) in [7, 11) is 0. The SMILES string of the molecule is CC(=O)C(C1=CCCC=C1)(c1ccccc1)c1ccccc1. The number of rotatable bonds is 4. The highest BCUT2D eigenvalue weighted by Gasteiger charge is 2.41. The van der Waals surface area contributed by atoms with Gasteiger partial charge in [-0.05, 0) is 36.5 Å². The third kappa shape index (κ3) is 2.33. The second-order valence-electron chi connectivity index (χ2n) is 5.68. The van der Waals surface area contributed by atoms with E-state index in [4.69, 9.17) is 0 Å². The van der Waals surface area contributed by atoms with Gasteiger partial charge in [-0.15, -0.1) is 0 Å². The molecule has 0 amide bonds. The molecule has 1 aliphatic rings. The average molecular weight is 288 g/mol. The van der Waals surface area contributed by atoms with Gasteiger partial charge in [-0.3, -0.25) is 4.79 Å². The van der Waals surface area contributed by atoms with Gasteiger partial charge in [0.2, 0.25) is 0 Å². The van der Waals surface area contributed by atoms with Crippen LogP contribution < -0.4 is 0 Å². The standard InChI is InChI=1S/C21H20O/c1-17(22)21(18-11-5-2-6-12-18,19-13-7-3-8-14-19)20-15-9-4-10-16-20/h2-3,5-9,11-16H,4,10H2,1H3. The molecule has 0 N–H and O–H groups in total. The van der Waals surface area contributed by atoms with Gasteiger partial charge in [-0.1, -0.05) is 78.9 Å². The fourth-order valence-electron chi connectivity index (χ4n) is 3.38. The molecule has 0 unspecified atom stereocenters. The summed E-state index contributed by atoms with van der Waals surface area (Å²) in [6.07, 6.45) is 8.52. The van der Waals surface area contributed by atoms with Crippen molar-refractivity contribution in [3.8, 4) is 0 Å². The summed E-state index contributed by atoms with van der Waals surface area (Å²) in [5, 5.41) is 0. The normalized spacial score (nSPS) is 14.5. The lowest BCUT2D eigenvalue weighted by Crippen LogP contribution is -2.37. The summed E-state index contributed by atoms with van der Waals surface area (Å²) >= 11 is 0. The summed E-state index contributed by atoms with van der Waals surface area (Å²) < 4.78 is 0. The van der Waals surface area contributed by atoms with Crippen LogP contribution in [0.25, 0.3) is 0 Å². The molecular formula is C21H20O. The topological polar surface area (TPSA) is 17.1 Å². The van der Waals surface area contributed by atoms with E-state index in [1.54, 1.807) is 6.92 Å². The van der Waals surface area contributed by atoms with Crippen LogP contribution in [-0.4, -0.2) is 5.78 Å². The van der Waals surface area contributed by atoms with E-state index in [2.05, 4.69) is 42.5 Å². The lowest BCUT2D eigenvalue weighted by atomic mass is 9.65. The van der Waals surface area contributed by atoms with Crippen LogP contribution >= 0.6 is 0 Å². The molecule has 2 aromatic carbocycles. The summed E-state index contributed by atoms with van der Waals surface area (Å²) in [5.41, 5.74) is 2.45. The summed E-state index contributed by atoms with van der Waals surface area (Å²) in [6, 6.07) is 20.2. The smallest absolute Gasteiger partial charge is 0.149 e. The van der Waals surface area contributed by atoms with Gasteiger partial charge in [-0.2, -0.15) is 0 Å². The molecule has 0 atom stereocenters. The Hall–Kier alpha value is -2.41. The van der Waals surface area contributed by atoms with E-state index in [0.29, 0.717) is 0 Å². The first-order valence-corrected chi connectivity index (χ1v) is 7.75. The highest BCUT2D eigenvalue weighted by Crippen LogP contribution is 2.42. The highest BCUT2D eigenvalue weighted by atomic mass is 16.1. The molecule has 0 bridgehead atoms. The van der Waals surface area contributed by atoms with Crippen LogP contribution in [0.3, 0.4) is 0 Å². The van der Waals surface area contributed by atoms with E-state index in [0.717, 1.165) is 29.5 Å². The minimum Gasteiger partial charge on any atom is -0.298 e. The molecule has 3 rings (SSSR count). The molecule has 1 nitrogen and oxygen atoms in total. The van der Waals surface area contributed by atoms with Crippen molar-refractivity contribution in [2.24, 2.45) is 0 Å². The third-order valence-corrected chi connectivity index (χ3v) is 4.37. The quantitative estimate of drug-likeness (QED) is 0.787. The van der Waals surface area contributed by atoms with Crippen molar-refractivity contribution in [1.82, 2.24) is 0 Å². The van der Waals surface area contributed by atoms with Crippen molar-refractivity contribution >= 4 is 5.78 Å². The fraction of sp³-hybridized carbons (Fsp3) is 0.190. The first-order valence-electron chi connectivity index (χ1n) is 7.75. The Morgan fingerprint density at radius 2 is 1.41 bits per heavy atom. The van der Waals surface area contributed by atoms with Crippen LogP contribution in [0.5, 0.6) is 0 Å². The Morgan fingerprint density at radius 1 is 0.864 bits per heavy atom. The molecule has 22 heavy (non-hydrogen) atoms. The van der Waals surface area contributed by atoms with Crippen molar-refractivity contribution in [2.75, 3.05) is 0 Å². The molecule has 0 fully saturated rings. The van der Waals surface area contributed by atoms with Crippen LogP contribution in [0.1, 0.15) is 30.9 Å². The predicted molar refractivity (Wildman–Crippen MR) is 90.8 cm³/mol. The van der Waals surface area contributed by atoms with Crippen molar-refractivity contribution in [1.29, 1.82) is 0 Å². The minimum atomic E-state index is -0.709. The molecule has 0 aliphatic heterocycles. The molecule has 1 aliphatic carbocycles. The van der Waals surface area contributed by atoms with Gasteiger partial charge in [0.1, 0.15) is 11.2 Å². The molecule has 0 saturated carbocycles.